The fraction of sp³-hybridized carbons (Fsp3) is 0.750. The van der Waals surface area contributed by atoms with E-state index in [-0.39, 0.29) is 0 Å². The summed E-state index contributed by atoms with van der Waals surface area (Å²) in [5, 5.41) is 0. The Morgan fingerprint density at radius 1 is 0.812 bits per heavy atom. The topological polar surface area (TPSA) is 92.7 Å². The van der Waals surface area contributed by atoms with Gasteiger partial charge in [0.1, 0.15) is 0 Å². The van der Waals surface area contributed by atoms with E-state index in [0.29, 0.717) is 13.1 Å². The molecule has 0 aromatic heterocycles. The molecule has 0 aliphatic heterocycles. The molecule has 0 fully saturated rings. The van der Waals surface area contributed by atoms with Crippen molar-refractivity contribution in [2.75, 3.05) is 13.1 Å². The third kappa shape index (κ3) is 7.52. The van der Waals surface area contributed by atoms with Gasteiger partial charge in [-0.05, 0) is 12.8 Å². The standard InChI is InChI=1S/C8H18N4O2S2/c9-7(13)11(15)5-3-1-2-4-6-12(16)8(10)14/h15-16H,1-6H2,(H2,9,13)(H2,10,14). The van der Waals surface area contributed by atoms with Crippen LogP contribution in [0.5, 0.6) is 0 Å². The van der Waals surface area contributed by atoms with Gasteiger partial charge >= 0.3 is 12.1 Å². The fourth-order valence-electron chi connectivity index (χ4n) is 1.10. The van der Waals surface area contributed by atoms with Crippen LogP contribution in [-0.2, 0) is 0 Å². The molecule has 8 heteroatoms. The minimum absolute atomic E-state index is 0.527. The molecule has 0 aromatic rings. The van der Waals surface area contributed by atoms with Gasteiger partial charge in [0.05, 0.1) is 0 Å². The van der Waals surface area contributed by atoms with Gasteiger partial charge in [-0.2, -0.15) is 0 Å². The first-order valence-corrected chi connectivity index (χ1v) is 5.77. The van der Waals surface area contributed by atoms with Gasteiger partial charge in [0.25, 0.3) is 0 Å². The van der Waals surface area contributed by atoms with Crippen LogP contribution in [-0.4, -0.2) is 33.8 Å². The number of nitrogens with two attached hydrogens (primary N) is 2. The number of carbonyl (C=O) groups is 2. The molecular weight excluding hydrogens is 248 g/mol. The maximum absolute atomic E-state index is 10.6. The summed E-state index contributed by atoms with van der Waals surface area (Å²) in [7, 11) is 0. The molecule has 0 heterocycles. The highest BCUT2D eigenvalue weighted by atomic mass is 32.1. The number of rotatable bonds is 7. The minimum atomic E-state index is -0.543. The third-order valence-electron chi connectivity index (χ3n) is 2.00. The first kappa shape index (κ1) is 15.2. The number of carbonyl (C=O) groups excluding carboxylic acids is 2. The highest BCUT2D eigenvalue weighted by Crippen LogP contribution is 2.05. The monoisotopic (exact) mass is 266 g/mol. The summed E-state index contributed by atoms with van der Waals surface area (Å²) in [5.41, 5.74) is 9.98. The Bertz CT molecular complexity index is 216. The lowest BCUT2D eigenvalue weighted by Gasteiger charge is -2.13. The Morgan fingerprint density at radius 2 is 1.12 bits per heavy atom. The number of hydrogen-bond acceptors (Lipinski definition) is 4. The fourth-order valence-corrected chi connectivity index (χ4v) is 1.38. The normalized spacial score (nSPS) is 9.88. The summed E-state index contributed by atoms with van der Waals surface area (Å²) in [4.78, 5) is 21.2. The van der Waals surface area contributed by atoms with Crippen LogP contribution in [0, 0.1) is 0 Å². The maximum Gasteiger partial charge on any atom is 0.324 e. The first-order chi connectivity index (χ1) is 7.45. The molecule has 0 radical (unpaired) electrons. The SMILES string of the molecule is NC(=O)N(S)CCCCCCN(S)C(N)=O. The van der Waals surface area contributed by atoms with Gasteiger partial charge in [0.15, 0.2) is 0 Å². The molecule has 0 saturated carbocycles. The van der Waals surface area contributed by atoms with Crippen LogP contribution in [0.25, 0.3) is 0 Å². The number of nitrogens with zero attached hydrogens (tertiary/aromatic N) is 2. The second-order valence-electron chi connectivity index (χ2n) is 3.34. The van der Waals surface area contributed by atoms with Gasteiger partial charge in [-0.1, -0.05) is 38.5 Å². The Kier molecular flexibility index (Phi) is 8.00. The average Bonchev–Trinajstić information content (AvgIpc) is 2.21. The number of thiol groups is 2. The predicted octanol–water partition coefficient (Wildman–Crippen LogP) is 0.998. The summed E-state index contributed by atoms with van der Waals surface area (Å²) in [6.07, 6.45) is 3.53. The highest BCUT2D eigenvalue weighted by molar-refractivity contribution is 7.78. The van der Waals surface area contributed by atoms with Crippen molar-refractivity contribution < 1.29 is 9.59 Å². The van der Waals surface area contributed by atoms with E-state index in [2.05, 4.69) is 25.6 Å². The molecule has 0 rings (SSSR count). The van der Waals surface area contributed by atoms with E-state index in [0.717, 1.165) is 25.7 Å². The van der Waals surface area contributed by atoms with Crippen molar-refractivity contribution in [3.8, 4) is 0 Å². The largest absolute Gasteiger partial charge is 0.351 e. The quantitative estimate of drug-likeness (QED) is 0.409. The molecule has 0 spiro atoms. The Hall–Kier alpha value is -0.760. The van der Waals surface area contributed by atoms with Crippen molar-refractivity contribution in [1.82, 2.24) is 8.61 Å². The molecule has 4 amide bonds. The van der Waals surface area contributed by atoms with Crippen LogP contribution in [0.1, 0.15) is 25.7 Å². The van der Waals surface area contributed by atoms with Gasteiger partial charge in [-0.3, -0.25) is 8.61 Å². The number of primary amides is 2. The van der Waals surface area contributed by atoms with Crippen LogP contribution >= 0.6 is 25.6 Å². The smallest absolute Gasteiger partial charge is 0.324 e. The molecule has 94 valence electrons. The van der Waals surface area contributed by atoms with Crippen molar-refractivity contribution in [3.63, 3.8) is 0 Å². The predicted molar refractivity (Wildman–Crippen MR) is 69.0 cm³/mol. The lowest BCUT2D eigenvalue weighted by atomic mass is 10.2. The zero-order valence-corrected chi connectivity index (χ0v) is 10.8. The van der Waals surface area contributed by atoms with Gasteiger partial charge in [-0.25, -0.2) is 9.59 Å². The summed E-state index contributed by atoms with van der Waals surface area (Å²) in [5.74, 6) is 0. The lowest BCUT2D eigenvalue weighted by Crippen LogP contribution is -2.29. The highest BCUT2D eigenvalue weighted by Gasteiger charge is 2.04. The zero-order chi connectivity index (χ0) is 12.6. The van der Waals surface area contributed by atoms with E-state index < -0.39 is 12.1 Å². The Balaban J connectivity index is 3.34. The van der Waals surface area contributed by atoms with Gasteiger partial charge in [0, 0.05) is 13.1 Å². The van der Waals surface area contributed by atoms with Crippen LogP contribution in [0.4, 0.5) is 9.59 Å². The van der Waals surface area contributed by atoms with Crippen molar-refractivity contribution in [2.45, 2.75) is 25.7 Å². The van der Waals surface area contributed by atoms with E-state index in [4.69, 9.17) is 11.5 Å². The van der Waals surface area contributed by atoms with E-state index in [1.807, 2.05) is 0 Å². The molecule has 0 aliphatic carbocycles. The average molecular weight is 266 g/mol. The summed E-state index contributed by atoms with van der Waals surface area (Å²) in [6.45, 7) is 1.05. The molecule has 16 heavy (non-hydrogen) atoms. The van der Waals surface area contributed by atoms with Gasteiger partial charge in [0.2, 0.25) is 0 Å². The molecule has 0 saturated heterocycles. The number of urea groups is 2. The van der Waals surface area contributed by atoms with E-state index in [1.54, 1.807) is 0 Å². The summed E-state index contributed by atoms with van der Waals surface area (Å²) < 4.78 is 2.35. The molecule has 0 bridgehead atoms. The van der Waals surface area contributed by atoms with Crippen LogP contribution in [0.2, 0.25) is 0 Å². The molecule has 0 aromatic carbocycles. The third-order valence-corrected chi connectivity index (χ3v) is 2.79. The molecule has 0 atom stereocenters. The molecule has 0 aliphatic rings. The van der Waals surface area contributed by atoms with E-state index in [9.17, 15) is 9.59 Å². The van der Waals surface area contributed by atoms with E-state index >= 15 is 0 Å². The summed E-state index contributed by atoms with van der Waals surface area (Å²) >= 11 is 7.77. The molecule has 4 N–H and O–H groups in total. The molecular formula is C8H18N4O2S2. The second-order valence-corrected chi connectivity index (χ2v) is 4.30. The van der Waals surface area contributed by atoms with Gasteiger partial charge < -0.3 is 11.5 Å². The Labute approximate surface area is 106 Å². The van der Waals surface area contributed by atoms with E-state index in [1.165, 1.54) is 8.61 Å². The first-order valence-electron chi connectivity index (χ1n) is 4.97. The minimum Gasteiger partial charge on any atom is -0.351 e. The van der Waals surface area contributed by atoms with Crippen molar-refractivity contribution in [3.05, 3.63) is 0 Å². The van der Waals surface area contributed by atoms with Crippen LogP contribution in [0.15, 0.2) is 0 Å². The van der Waals surface area contributed by atoms with Crippen molar-refractivity contribution >= 4 is 37.7 Å². The summed E-state index contributed by atoms with van der Waals surface area (Å²) in [6, 6.07) is -1.09. The number of hydrogen-bond donors (Lipinski definition) is 4. The molecule has 6 nitrogen and oxygen atoms in total. The molecule has 0 unspecified atom stereocenters. The zero-order valence-electron chi connectivity index (χ0n) is 9.00. The number of amides is 4. The van der Waals surface area contributed by atoms with Crippen molar-refractivity contribution in [2.24, 2.45) is 11.5 Å². The van der Waals surface area contributed by atoms with Gasteiger partial charge in [-0.15, -0.1) is 0 Å². The van der Waals surface area contributed by atoms with Crippen LogP contribution < -0.4 is 11.5 Å². The Morgan fingerprint density at radius 3 is 1.38 bits per heavy atom. The second kappa shape index (κ2) is 8.40. The maximum atomic E-state index is 10.6. The van der Waals surface area contributed by atoms with Crippen LogP contribution in [0.3, 0.4) is 0 Å². The number of unbranched alkanes of at least 4 members (excludes halogenated alkanes) is 3. The van der Waals surface area contributed by atoms with Crippen molar-refractivity contribution in [1.29, 1.82) is 0 Å². The lowest BCUT2D eigenvalue weighted by molar-refractivity contribution is 0.233.